The first kappa shape index (κ1) is 18.5. The Bertz CT molecular complexity index is 469. The molecule has 0 amide bonds. The van der Waals surface area contributed by atoms with E-state index in [-0.39, 0.29) is 11.5 Å². The van der Waals surface area contributed by atoms with Crippen molar-refractivity contribution in [2.45, 2.75) is 87.7 Å². The molecule has 3 saturated heterocycles. The van der Waals surface area contributed by atoms with E-state index in [9.17, 15) is 25.5 Å². The summed E-state index contributed by atoms with van der Waals surface area (Å²) in [5.41, 5.74) is -1.35. The van der Waals surface area contributed by atoms with Crippen LogP contribution in [0.3, 0.4) is 0 Å². The van der Waals surface area contributed by atoms with E-state index < -0.39 is 55.1 Å². The van der Waals surface area contributed by atoms with Crippen LogP contribution in [0.4, 0.5) is 0 Å². The summed E-state index contributed by atoms with van der Waals surface area (Å²) in [6.07, 6.45) is -6.64. The molecule has 0 aromatic heterocycles. The zero-order chi connectivity index (χ0) is 17.9. The Hall–Kier alpha value is -0.320. The first-order valence-corrected chi connectivity index (χ1v) is 8.44. The predicted octanol–water partition coefficient (Wildman–Crippen LogP) is -1.49. The molecule has 0 aromatic rings. The van der Waals surface area contributed by atoms with Crippen molar-refractivity contribution in [3.63, 3.8) is 0 Å². The van der Waals surface area contributed by atoms with Crippen molar-refractivity contribution in [2.24, 2.45) is 5.92 Å². The van der Waals surface area contributed by atoms with Gasteiger partial charge in [0.25, 0.3) is 0 Å². The molecule has 4 aliphatic rings. The minimum Gasteiger partial charge on any atom is -0.394 e. The van der Waals surface area contributed by atoms with E-state index in [1.165, 1.54) is 0 Å². The Kier molecular flexibility index (Phi) is 4.72. The van der Waals surface area contributed by atoms with Crippen molar-refractivity contribution >= 4 is 0 Å². The van der Waals surface area contributed by atoms with Crippen LogP contribution < -0.4 is 0 Å². The fraction of sp³-hybridized carbons (Fsp3) is 1.00. The van der Waals surface area contributed by atoms with Crippen LogP contribution in [0.5, 0.6) is 0 Å². The number of hydrogen-bond donors (Lipinski definition) is 5. The zero-order valence-electron chi connectivity index (χ0n) is 14.2. The Labute approximate surface area is 141 Å². The predicted molar refractivity (Wildman–Crippen MR) is 80.9 cm³/mol. The second-order valence-corrected chi connectivity index (χ2v) is 7.90. The highest BCUT2D eigenvalue weighted by Crippen LogP contribution is 2.51. The van der Waals surface area contributed by atoms with Gasteiger partial charge in [0.2, 0.25) is 0 Å². The number of fused-ring (bicyclic) bond motifs is 3. The third kappa shape index (κ3) is 2.79. The van der Waals surface area contributed by atoms with Gasteiger partial charge in [-0.05, 0) is 39.5 Å². The van der Waals surface area contributed by atoms with Crippen molar-refractivity contribution in [3.8, 4) is 0 Å². The summed E-state index contributed by atoms with van der Waals surface area (Å²) >= 11 is 0. The highest BCUT2D eigenvalue weighted by atomic mass is 16.7. The molecule has 8 nitrogen and oxygen atoms in total. The molecule has 3 aliphatic heterocycles. The van der Waals surface area contributed by atoms with E-state index in [1.807, 2.05) is 13.8 Å². The van der Waals surface area contributed by atoms with Crippen LogP contribution in [0.2, 0.25) is 0 Å². The van der Waals surface area contributed by atoms with E-state index in [2.05, 4.69) is 0 Å². The summed E-state index contributed by atoms with van der Waals surface area (Å²) in [5.74, 6) is 0.0872. The maximum absolute atomic E-state index is 10.4. The Morgan fingerprint density at radius 1 is 1.00 bits per heavy atom. The summed E-state index contributed by atoms with van der Waals surface area (Å²) in [5, 5.41) is 49.5. The molecular formula is C16H28O8. The van der Waals surface area contributed by atoms with Crippen molar-refractivity contribution in [3.05, 3.63) is 0 Å². The molecule has 4 fully saturated rings. The van der Waals surface area contributed by atoms with Gasteiger partial charge in [-0.15, -0.1) is 0 Å². The Morgan fingerprint density at radius 3 is 2.29 bits per heavy atom. The van der Waals surface area contributed by atoms with E-state index in [4.69, 9.17) is 14.2 Å². The van der Waals surface area contributed by atoms with Crippen molar-refractivity contribution in [2.75, 3.05) is 6.61 Å². The van der Waals surface area contributed by atoms with Crippen LogP contribution in [-0.4, -0.2) is 86.3 Å². The highest BCUT2D eigenvalue weighted by molar-refractivity contribution is 5.08. The molecule has 0 aromatic carbocycles. The van der Waals surface area contributed by atoms with Gasteiger partial charge in [0.15, 0.2) is 6.29 Å². The number of ether oxygens (including phenoxy) is 3. The summed E-state index contributed by atoms with van der Waals surface area (Å²) in [6.45, 7) is 5.21. The van der Waals surface area contributed by atoms with Crippen molar-refractivity contribution < 1.29 is 39.7 Å². The molecule has 0 spiro atoms. The summed E-state index contributed by atoms with van der Waals surface area (Å²) in [7, 11) is 0. The van der Waals surface area contributed by atoms with E-state index in [1.54, 1.807) is 6.92 Å². The lowest BCUT2D eigenvalue weighted by Crippen LogP contribution is -2.70. The molecule has 8 heteroatoms. The van der Waals surface area contributed by atoms with Crippen LogP contribution in [0, 0.1) is 5.92 Å². The molecule has 4 rings (SSSR count). The Morgan fingerprint density at radius 2 is 1.67 bits per heavy atom. The van der Waals surface area contributed by atoms with Gasteiger partial charge in [-0.3, -0.25) is 0 Å². The molecule has 5 N–H and O–H groups in total. The number of aliphatic hydroxyl groups excluding tert-OH is 5. The summed E-state index contributed by atoms with van der Waals surface area (Å²) < 4.78 is 17.3. The largest absolute Gasteiger partial charge is 0.394 e. The fourth-order valence-electron chi connectivity index (χ4n) is 4.19. The summed E-state index contributed by atoms with van der Waals surface area (Å²) in [6, 6.07) is 0. The topological polar surface area (TPSA) is 129 Å². The second-order valence-electron chi connectivity index (χ2n) is 7.90. The molecule has 140 valence electrons. The van der Waals surface area contributed by atoms with Gasteiger partial charge in [0, 0.05) is 0 Å². The van der Waals surface area contributed by atoms with Crippen molar-refractivity contribution in [1.82, 2.24) is 0 Å². The SMILES string of the molecule is CC1(C)O[C@]2(C)[C@H](O)C[C@H]1C[C@@H]2O[C@@H]1O[C@H](CO)[C@@H](O)[C@H](O)[C@H]1O. The normalized spacial score (nSPS) is 54.0. The molecular weight excluding hydrogens is 320 g/mol. The lowest BCUT2D eigenvalue weighted by molar-refractivity contribution is -0.368. The number of aliphatic hydroxyl groups is 5. The minimum absolute atomic E-state index is 0.0872. The summed E-state index contributed by atoms with van der Waals surface area (Å²) in [4.78, 5) is 0. The van der Waals surface area contributed by atoms with Gasteiger partial charge in [-0.1, -0.05) is 0 Å². The number of rotatable bonds is 3. The molecule has 9 atom stereocenters. The average molecular weight is 348 g/mol. The van der Waals surface area contributed by atoms with Crippen LogP contribution >= 0.6 is 0 Å². The lowest BCUT2D eigenvalue weighted by Gasteiger charge is -2.60. The molecule has 0 radical (unpaired) electrons. The van der Waals surface area contributed by atoms with Crippen LogP contribution in [0.25, 0.3) is 0 Å². The van der Waals surface area contributed by atoms with Gasteiger partial charge in [-0.2, -0.15) is 0 Å². The molecule has 24 heavy (non-hydrogen) atoms. The first-order chi connectivity index (χ1) is 11.1. The van der Waals surface area contributed by atoms with Crippen LogP contribution in [0.15, 0.2) is 0 Å². The number of hydrogen-bond acceptors (Lipinski definition) is 8. The zero-order valence-corrected chi connectivity index (χ0v) is 14.2. The van der Waals surface area contributed by atoms with Gasteiger partial charge in [-0.25, -0.2) is 0 Å². The van der Waals surface area contributed by atoms with Crippen molar-refractivity contribution in [1.29, 1.82) is 0 Å². The lowest BCUT2D eigenvalue weighted by atomic mass is 9.65. The fourth-order valence-corrected chi connectivity index (χ4v) is 4.19. The Balaban J connectivity index is 1.76. The highest BCUT2D eigenvalue weighted by Gasteiger charge is 2.60. The molecule has 1 saturated carbocycles. The smallest absolute Gasteiger partial charge is 0.187 e. The monoisotopic (exact) mass is 348 g/mol. The second kappa shape index (κ2) is 6.14. The van der Waals surface area contributed by atoms with Crippen LogP contribution in [0.1, 0.15) is 33.6 Å². The van der Waals surface area contributed by atoms with E-state index in [0.29, 0.717) is 12.8 Å². The van der Waals surface area contributed by atoms with Gasteiger partial charge < -0.3 is 39.7 Å². The standard InChI is InChI=1S/C16H28O8/c1-15(2)7-4-9(18)16(3,24-15)10(5-7)23-14-13(21)12(20)11(19)8(6-17)22-14/h7-14,17-21H,4-6H2,1-3H3/t7-,8+,9+,10-,11+,12-,13+,14-,16+/m0/s1. The first-order valence-electron chi connectivity index (χ1n) is 8.44. The maximum Gasteiger partial charge on any atom is 0.187 e. The quantitative estimate of drug-likeness (QED) is 0.417. The van der Waals surface area contributed by atoms with E-state index >= 15 is 0 Å². The van der Waals surface area contributed by atoms with Gasteiger partial charge in [0.1, 0.15) is 30.0 Å². The maximum atomic E-state index is 10.4. The van der Waals surface area contributed by atoms with Crippen LogP contribution in [-0.2, 0) is 14.2 Å². The third-order valence-electron chi connectivity index (χ3n) is 5.92. The molecule has 3 heterocycles. The molecule has 0 unspecified atom stereocenters. The molecule has 1 aliphatic carbocycles. The third-order valence-corrected chi connectivity index (χ3v) is 5.92. The molecule has 2 bridgehead atoms. The minimum atomic E-state index is -1.49. The van der Waals surface area contributed by atoms with E-state index in [0.717, 1.165) is 0 Å². The van der Waals surface area contributed by atoms with Gasteiger partial charge >= 0.3 is 0 Å². The van der Waals surface area contributed by atoms with Gasteiger partial charge in [0.05, 0.1) is 24.4 Å². The average Bonchev–Trinajstić information content (AvgIpc) is 2.50.